The third-order valence-electron chi connectivity index (χ3n) is 5.54. The van der Waals surface area contributed by atoms with Gasteiger partial charge in [-0.25, -0.2) is 0 Å². The lowest BCUT2D eigenvalue weighted by atomic mass is 10.1. The molecule has 2 atom stereocenters. The number of aromatic nitrogens is 2. The van der Waals surface area contributed by atoms with Gasteiger partial charge in [-0.3, -0.25) is 19.1 Å². The lowest BCUT2D eigenvalue weighted by Crippen LogP contribution is -2.33. The van der Waals surface area contributed by atoms with Crippen molar-refractivity contribution in [1.29, 1.82) is 0 Å². The van der Waals surface area contributed by atoms with Gasteiger partial charge in [0.2, 0.25) is 5.91 Å². The maximum Gasteiger partial charge on any atom is 0.312 e. The second-order valence-electron chi connectivity index (χ2n) is 7.63. The van der Waals surface area contributed by atoms with Crippen molar-refractivity contribution in [3.8, 4) is 0 Å². The molecule has 1 aliphatic heterocycles. The van der Waals surface area contributed by atoms with Crippen molar-refractivity contribution in [2.75, 3.05) is 16.8 Å². The molecule has 30 heavy (non-hydrogen) atoms. The van der Waals surface area contributed by atoms with Crippen LogP contribution in [0.3, 0.4) is 0 Å². The van der Waals surface area contributed by atoms with Gasteiger partial charge < -0.3 is 15.0 Å². The first-order valence-corrected chi connectivity index (χ1v) is 10.1. The number of benzene rings is 1. The van der Waals surface area contributed by atoms with Crippen LogP contribution in [0.5, 0.6) is 0 Å². The van der Waals surface area contributed by atoms with Gasteiger partial charge in [-0.15, -0.1) is 0 Å². The number of carbonyl (C=O) groups is 3. The van der Waals surface area contributed by atoms with Gasteiger partial charge in [-0.2, -0.15) is 5.10 Å². The smallest absolute Gasteiger partial charge is 0.312 e. The fourth-order valence-electron chi connectivity index (χ4n) is 3.67. The zero-order valence-electron chi connectivity index (χ0n) is 18.1. The molecule has 3 rings (SSSR count). The SMILES string of the molecule is CCc1ccccc1N1C[C@H](C(=O)O[C@H](C)C(=O)Nc2c(C)nn(C)c2C)CC1=O. The maximum atomic E-state index is 12.6. The quantitative estimate of drug-likeness (QED) is 0.736. The number of aryl methyl sites for hydroxylation is 3. The zero-order chi connectivity index (χ0) is 22.0. The molecule has 0 spiro atoms. The number of nitrogens with zero attached hydrogens (tertiary/aromatic N) is 3. The van der Waals surface area contributed by atoms with Gasteiger partial charge >= 0.3 is 5.97 Å². The number of ether oxygens (including phenoxy) is 1. The Morgan fingerprint density at radius 2 is 2.00 bits per heavy atom. The minimum atomic E-state index is -0.983. The van der Waals surface area contributed by atoms with Crippen LogP contribution in [0, 0.1) is 19.8 Å². The molecule has 8 heteroatoms. The molecule has 1 aliphatic rings. The molecule has 2 amide bonds. The molecule has 1 fully saturated rings. The molecular weight excluding hydrogens is 384 g/mol. The highest BCUT2D eigenvalue weighted by molar-refractivity contribution is 6.01. The Morgan fingerprint density at radius 1 is 1.30 bits per heavy atom. The normalized spacial score (nSPS) is 17.2. The molecule has 0 saturated carbocycles. The number of anilines is 2. The van der Waals surface area contributed by atoms with E-state index < -0.39 is 23.9 Å². The number of hydrogen-bond donors (Lipinski definition) is 1. The average Bonchev–Trinajstić information content (AvgIpc) is 3.22. The molecule has 0 bridgehead atoms. The second kappa shape index (κ2) is 8.69. The molecule has 0 aliphatic carbocycles. The number of nitrogens with one attached hydrogen (secondary N) is 1. The van der Waals surface area contributed by atoms with E-state index in [1.54, 1.807) is 23.6 Å². The Bertz CT molecular complexity index is 982. The highest BCUT2D eigenvalue weighted by atomic mass is 16.5. The van der Waals surface area contributed by atoms with E-state index in [-0.39, 0.29) is 18.9 Å². The van der Waals surface area contributed by atoms with E-state index in [4.69, 9.17) is 4.74 Å². The van der Waals surface area contributed by atoms with E-state index in [1.807, 2.05) is 38.1 Å². The Morgan fingerprint density at radius 3 is 2.63 bits per heavy atom. The first kappa shape index (κ1) is 21.5. The second-order valence-corrected chi connectivity index (χ2v) is 7.63. The highest BCUT2D eigenvalue weighted by Crippen LogP contribution is 2.29. The van der Waals surface area contributed by atoms with Crippen LogP contribution in [0.2, 0.25) is 0 Å². The maximum absolute atomic E-state index is 12.6. The lowest BCUT2D eigenvalue weighted by Gasteiger charge is -2.20. The first-order chi connectivity index (χ1) is 14.2. The summed E-state index contributed by atoms with van der Waals surface area (Å²) in [5, 5.41) is 7.03. The fourth-order valence-corrected chi connectivity index (χ4v) is 3.67. The molecular formula is C22H28N4O4. The van der Waals surface area contributed by atoms with E-state index in [9.17, 15) is 14.4 Å². The summed E-state index contributed by atoms with van der Waals surface area (Å²) in [4.78, 5) is 39.3. The van der Waals surface area contributed by atoms with Crippen LogP contribution in [0.25, 0.3) is 0 Å². The number of carbonyl (C=O) groups excluding carboxylic acids is 3. The standard InChI is InChI=1S/C22H28N4O4/c1-6-16-9-7-8-10-18(16)26-12-17(11-19(26)27)22(29)30-15(4)21(28)23-20-13(2)24-25(5)14(20)3/h7-10,15,17H,6,11-12H2,1-5H3,(H,23,28)/t15-,17-/m1/s1. The predicted octanol–water partition coefficient (Wildman–Crippen LogP) is 2.52. The molecule has 2 heterocycles. The van der Waals surface area contributed by atoms with Gasteiger partial charge in [-0.1, -0.05) is 25.1 Å². The summed E-state index contributed by atoms with van der Waals surface area (Å²) in [6, 6.07) is 7.67. The highest BCUT2D eigenvalue weighted by Gasteiger charge is 2.38. The molecule has 160 valence electrons. The largest absolute Gasteiger partial charge is 0.452 e. The summed E-state index contributed by atoms with van der Waals surface area (Å²) < 4.78 is 7.06. The summed E-state index contributed by atoms with van der Waals surface area (Å²) in [5.41, 5.74) is 3.99. The third-order valence-corrected chi connectivity index (χ3v) is 5.54. The predicted molar refractivity (Wildman–Crippen MR) is 113 cm³/mol. The van der Waals surface area contributed by atoms with E-state index in [0.717, 1.165) is 23.4 Å². The molecule has 1 aromatic carbocycles. The number of para-hydroxylation sites is 1. The van der Waals surface area contributed by atoms with E-state index >= 15 is 0 Å². The van der Waals surface area contributed by atoms with Crippen molar-refractivity contribution in [1.82, 2.24) is 9.78 Å². The molecule has 0 radical (unpaired) electrons. The van der Waals surface area contributed by atoms with Gasteiger partial charge in [0.25, 0.3) is 5.91 Å². The Balaban J connectivity index is 1.63. The minimum Gasteiger partial charge on any atom is -0.452 e. The van der Waals surface area contributed by atoms with Gasteiger partial charge in [0.15, 0.2) is 6.10 Å². The van der Waals surface area contributed by atoms with Crippen LogP contribution >= 0.6 is 0 Å². The number of esters is 1. The van der Waals surface area contributed by atoms with Crippen LogP contribution in [0.1, 0.15) is 37.2 Å². The van der Waals surface area contributed by atoms with Gasteiger partial charge in [0, 0.05) is 25.7 Å². The van der Waals surface area contributed by atoms with E-state index in [1.165, 1.54) is 6.92 Å². The van der Waals surface area contributed by atoms with Crippen LogP contribution in [-0.4, -0.2) is 40.2 Å². The monoisotopic (exact) mass is 412 g/mol. The molecule has 1 saturated heterocycles. The Kier molecular flexibility index (Phi) is 6.24. The van der Waals surface area contributed by atoms with Crippen molar-refractivity contribution >= 4 is 29.2 Å². The van der Waals surface area contributed by atoms with E-state index in [0.29, 0.717) is 11.4 Å². The average molecular weight is 412 g/mol. The summed E-state index contributed by atoms with van der Waals surface area (Å²) in [7, 11) is 1.79. The summed E-state index contributed by atoms with van der Waals surface area (Å²) in [5.74, 6) is -1.68. The minimum absolute atomic E-state index is 0.0754. The number of amides is 2. The van der Waals surface area contributed by atoms with Crippen LogP contribution in [-0.2, 0) is 32.6 Å². The third kappa shape index (κ3) is 4.22. The van der Waals surface area contributed by atoms with Crippen LogP contribution in [0.15, 0.2) is 24.3 Å². The first-order valence-electron chi connectivity index (χ1n) is 10.1. The van der Waals surface area contributed by atoms with Crippen LogP contribution < -0.4 is 10.2 Å². The summed E-state index contributed by atoms with van der Waals surface area (Å²) >= 11 is 0. The lowest BCUT2D eigenvalue weighted by molar-refractivity contribution is -0.157. The van der Waals surface area contributed by atoms with Crippen molar-refractivity contribution in [3.63, 3.8) is 0 Å². The Labute approximate surface area is 176 Å². The fraction of sp³-hybridized carbons (Fsp3) is 0.455. The van der Waals surface area contributed by atoms with Gasteiger partial charge in [-0.05, 0) is 38.8 Å². The molecule has 1 aromatic heterocycles. The van der Waals surface area contributed by atoms with E-state index in [2.05, 4.69) is 10.4 Å². The topological polar surface area (TPSA) is 93.5 Å². The molecule has 8 nitrogen and oxygen atoms in total. The van der Waals surface area contributed by atoms with Crippen molar-refractivity contribution in [2.45, 2.75) is 46.6 Å². The number of hydrogen-bond acceptors (Lipinski definition) is 5. The van der Waals surface area contributed by atoms with Gasteiger partial charge in [0.1, 0.15) is 0 Å². The van der Waals surface area contributed by atoms with Crippen molar-refractivity contribution in [3.05, 3.63) is 41.2 Å². The van der Waals surface area contributed by atoms with Crippen molar-refractivity contribution < 1.29 is 19.1 Å². The summed E-state index contributed by atoms with van der Waals surface area (Å²) in [6.07, 6.45) is -0.116. The Hall–Kier alpha value is -3.16. The zero-order valence-corrected chi connectivity index (χ0v) is 18.1. The molecule has 2 aromatic rings. The molecule has 1 N–H and O–H groups in total. The van der Waals surface area contributed by atoms with Crippen LogP contribution in [0.4, 0.5) is 11.4 Å². The molecule has 0 unspecified atom stereocenters. The van der Waals surface area contributed by atoms with Gasteiger partial charge in [0.05, 0.1) is 23.0 Å². The van der Waals surface area contributed by atoms with Crippen molar-refractivity contribution in [2.24, 2.45) is 13.0 Å². The summed E-state index contributed by atoms with van der Waals surface area (Å²) in [6.45, 7) is 7.45. The number of rotatable bonds is 6.